The normalized spacial score (nSPS) is 15.3. The summed E-state index contributed by atoms with van der Waals surface area (Å²) < 4.78 is 0. The largest absolute Gasteiger partial charge is 0.322 e. The first-order valence-corrected chi connectivity index (χ1v) is 4.45. The summed E-state index contributed by atoms with van der Waals surface area (Å²) in [7, 11) is 0. The van der Waals surface area contributed by atoms with E-state index in [4.69, 9.17) is 5.73 Å². The van der Waals surface area contributed by atoms with Gasteiger partial charge in [-0.25, -0.2) is 4.98 Å². The van der Waals surface area contributed by atoms with Gasteiger partial charge in [0, 0.05) is 12.1 Å². The zero-order chi connectivity index (χ0) is 9.84. The van der Waals surface area contributed by atoms with E-state index in [-0.39, 0.29) is 11.6 Å². The summed E-state index contributed by atoms with van der Waals surface area (Å²) in [6.45, 7) is 4.12. The Labute approximate surface area is 77.2 Å². The average molecular weight is 181 g/mol. The van der Waals surface area contributed by atoms with Gasteiger partial charge in [-0.15, -0.1) is 0 Å². The molecule has 0 aliphatic carbocycles. The van der Waals surface area contributed by atoms with Crippen molar-refractivity contribution in [2.45, 2.75) is 26.3 Å². The second-order valence-corrected chi connectivity index (χ2v) is 3.25. The van der Waals surface area contributed by atoms with Crippen LogP contribution in [0.15, 0.2) is 17.2 Å². The molecular formula is C9H15N3O. The average Bonchev–Trinajstić information content (AvgIpc) is 2.15. The van der Waals surface area contributed by atoms with Gasteiger partial charge in [0.15, 0.2) is 0 Å². The monoisotopic (exact) mass is 181 g/mol. The molecule has 0 radical (unpaired) electrons. The number of hydrogen-bond donors (Lipinski definition) is 2. The minimum Gasteiger partial charge on any atom is -0.322 e. The van der Waals surface area contributed by atoms with Gasteiger partial charge in [0.1, 0.15) is 0 Å². The standard InChI is InChI=1S/C9H15N3O/c1-3-6(2)9(10)7-4-8(13)12-5-11-7/h4-6,9H,3,10H2,1-2H3,(H,11,12,13)/t6-,9-/m0/s1. The molecule has 0 aromatic carbocycles. The molecule has 4 heteroatoms. The van der Waals surface area contributed by atoms with E-state index in [0.29, 0.717) is 11.6 Å². The molecule has 0 aliphatic rings. The number of nitrogens with one attached hydrogen (secondary N) is 1. The fraction of sp³-hybridized carbons (Fsp3) is 0.556. The van der Waals surface area contributed by atoms with Gasteiger partial charge in [-0.05, 0) is 5.92 Å². The molecule has 0 unspecified atom stereocenters. The third-order valence-corrected chi connectivity index (χ3v) is 2.30. The highest BCUT2D eigenvalue weighted by Gasteiger charge is 2.14. The highest BCUT2D eigenvalue weighted by atomic mass is 16.1. The van der Waals surface area contributed by atoms with Crippen molar-refractivity contribution in [1.82, 2.24) is 9.97 Å². The maximum atomic E-state index is 11.0. The van der Waals surface area contributed by atoms with Gasteiger partial charge in [0.25, 0.3) is 5.56 Å². The van der Waals surface area contributed by atoms with Gasteiger partial charge in [-0.2, -0.15) is 0 Å². The SMILES string of the molecule is CC[C@H](C)[C@H](N)c1cc(=O)[nH]cn1. The zero-order valence-corrected chi connectivity index (χ0v) is 7.95. The molecular weight excluding hydrogens is 166 g/mol. The second-order valence-electron chi connectivity index (χ2n) is 3.25. The van der Waals surface area contributed by atoms with Gasteiger partial charge in [-0.3, -0.25) is 4.79 Å². The predicted octanol–water partition coefficient (Wildman–Crippen LogP) is 0.816. The summed E-state index contributed by atoms with van der Waals surface area (Å²) in [5, 5.41) is 0. The number of nitrogens with two attached hydrogens (primary N) is 1. The number of nitrogens with zero attached hydrogens (tertiary/aromatic N) is 1. The van der Waals surface area contributed by atoms with Gasteiger partial charge in [0.2, 0.25) is 0 Å². The summed E-state index contributed by atoms with van der Waals surface area (Å²) in [5.41, 5.74) is 6.42. The van der Waals surface area contributed by atoms with E-state index in [1.165, 1.54) is 12.4 Å². The molecule has 1 heterocycles. The van der Waals surface area contributed by atoms with E-state index in [9.17, 15) is 4.79 Å². The van der Waals surface area contributed by atoms with Crippen molar-refractivity contribution < 1.29 is 0 Å². The number of H-pyrrole nitrogens is 1. The molecule has 3 N–H and O–H groups in total. The number of hydrogen-bond acceptors (Lipinski definition) is 3. The Morgan fingerprint density at radius 1 is 1.69 bits per heavy atom. The van der Waals surface area contributed by atoms with Gasteiger partial charge in [-0.1, -0.05) is 20.3 Å². The van der Waals surface area contributed by atoms with Crippen LogP contribution in [0.3, 0.4) is 0 Å². The maximum absolute atomic E-state index is 11.0. The minimum atomic E-state index is -0.149. The Kier molecular flexibility index (Phi) is 3.19. The lowest BCUT2D eigenvalue weighted by Gasteiger charge is -2.16. The van der Waals surface area contributed by atoms with E-state index in [1.807, 2.05) is 6.92 Å². The van der Waals surface area contributed by atoms with Crippen LogP contribution in [0.25, 0.3) is 0 Å². The summed E-state index contributed by atoms with van der Waals surface area (Å²) in [6.07, 6.45) is 2.37. The first-order valence-electron chi connectivity index (χ1n) is 4.45. The molecule has 0 saturated carbocycles. The minimum absolute atomic E-state index is 0.146. The molecule has 1 aromatic rings. The van der Waals surface area contributed by atoms with Crippen molar-refractivity contribution in [2.75, 3.05) is 0 Å². The van der Waals surface area contributed by atoms with Gasteiger partial charge >= 0.3 is 0 Å². The van der Waals surface area contributed by atoms with Crippen molar-refractivity contribution >= 4 is 0 Å². The van der Waals surface area contributed by atoms with Crippen LogP contribution < -0.4 is 11.3 Å². The Morgan fingerprint density at radius 3 is 2.92 bits per heavy atom. The first-order chi connectivity index (χ1) is 6.15. The van der Waals surface area contributed by atoms with E-state index < -0.39 is 0 Å². The lowest BCUT2D eigenvalue weighted by Crippen LogP contribution is -2.22. The Morgan fingerprint density at radius 2 is 2.38 bits per heavy atom. The van der Waals surface area contributed by atoms with E-state index >= 15 is 0 Å². The van der Waals surface area contributed by atoms with E-state index in [1.54, 1.807) is 0 Å². The van der Waals surface area contributed by atoms with Gasteiger partial charge < -0.3 is 10.7 Å². The maximum Gasteiger partial charge on any atom is 0.250 e. The van der Waals surface area contributed by atoms with E-state index in [0.717, 1.165) is 6.42 Å². The fourth-order valence-electron chi connectivity index (χ4n) is 1.11. The lowest BCUT2D eigenvalue weighted by atomic mass is 9.97. The molecule has 1 aromatic heterocycles. The molecule has 2 atom stereocenters. The van der Waals surface area contributed by atoms with Gasteiger partial charge in [0.05, 0.1) is 12.0 Å². The van der Waals surface area contributed by atoms with Crippen LogP contribution in [-0.2, 0) is 0 Å². The molecule has 72 valence electrons. The summed E-state index contributed by atoms with van der Waals surface area (Å²) in [4.78, 5) is 17.4. The molecule has 0 spiro atoms. The molecule has 0 saturated heterocycles. The molecule has 13 heavy (non-hydrogen) atoms. The van der Waals surface area contributed by atoms with E-state index in [2.05, 4.69) is 16.9 Å². The molecule has 0 aliphatic heterocycles. The van der Waals surface area contributed by atoms with Crippen LogP contribution in [0.2, 0.25) is 0 Å². The van der Waals surface area contributed by atoms with Crippen molar-refractivity contribution in [3.05, 3.63) is 28.4 Å². The van der Waals surface area contributed by atoms with Crippen LogP contribution in [0.4, 0.5) is 0 Å². The summed E-state index contributed by atoms with van der Waals surface area (Å²) >= 11 is 0. The summed E-state index contributed by atoms with van der Waals surface area (Å²) in [5.74, 6) is 0.342. The van der Waals surface area contributed by atoms with Crippen molar-refractivity contribution in [1.29, 1.82) is 0 Å². The predicted molar refractivity (Wildman–Crippen MR) is 51.2 cm³/mol. The third kappa shape index (κ3) is 2.39. The second kappa shape index (κ2) is 4.18. The number of aromatic amines is 1. The highest BCUT2D eigenvalue weighted by Crippen LogP contribution is 2.17. The Hall–Kier alpha value is -1.16. The van der Waals surface area contributed by atoms with Crippen LogP contribution in [0, 0.1) is 5.92 Å². The summed E-state index contributed by atoms with van der Waals surface area (Å²) in [6, 6.07) is 1.31. The van der Waals surface area contributed by atoms with Crippen molar-refractivity contribution in [3.8, 4) is 0 Å². The lowest BCUT2D eigenvalue weighted by molar-refractivity contribution is 0.447. The van der Waals surface area contributed by atoms with Crippen LogP contribution in [0.5, 0.6) is 0 Å². The van der Waals surface area contributed by atoms with Crippen LogP contribution in [-0.4, -0.2) is 9.97 Å². The Balaban J connectivity index is 2.88. The van der Waals surface area contributed by atoms with Crippen LogP contribution >= 0.6 is 0 Å². The smallest absolute Gasteiger partial charge is 0.250 e. The number of aromatic nitrogens is 2. The fourth-order valence-corrected chi connectivity index (χ4v) is 1.11. The molecule has 1 rings (SSSR count). The zero-order valence-electron chi connectivity index (χ0n) is 7.95. The Bertz CT molecular complexity index is 321. The van der Waals surface area contributed by atoms with Crippen molar-refractivity contribution in [3.63, 3.8) is 0 Å². The molecule has 0 fully saturated rings. The first kappa shape index (κ1) is 9.92. The molecule has 0 bridgehead atoms. The highest BCUT2D eigenvalue weighted by molar-refractivity contribution is 5.05. The molecule has 0 amide bonds. The number of rotatable bonds is 3. The topological polar surface area (TPSA) is 71.8 Å². The van der Waals surface area contributed by atoms with Crippen LogP contribution in [0.1, 0.15) is 32.0 Å². The van der Waals surface area contributed by atoms with Crippen molar-refractivity contribution in [2.24, 2.45) is 11.7 Å². The molecule has 4 nitrogen and oxygen atoms in total. The quantitative estimate of drug-likeness (QED) is 0.725. The third-order valence-electron chi connectivity index (χ3n) is 2.30.